The van der Waals surface area contributed by atoms with E-state index in [4.69, 9.17) is 0 Å². The SMILES string of the molecule is O=C(CCc1cnn(-c2ccccc2)c1)NCCCc1nc(-c2ccncc2)cs1. The lowest BCUT2D eigenvalue weighted by atomic mass is 10.2. The highest BCUT2D eigenvalue weighted by atomic mass is 32.1. The van der Waals surface area contributed by atoms with Gasteiger partial charge in [0.2, 0.25) is 5.91 Å². The van der Waals surface area contributed by atoms with Gasteiger partial charge in [0.15, 0.2) is 0 Å². The maximum Gasteiger partial charge on any atom is 0.220 e. The molecule has 1 amide bonds. The minimum atomic E-state index is 0.0686. The maximum atomic E-state index is 12.1. The number of rotatable bonds is 9. The second-order valence-electron chi connectivity index (χ2n) is 6.94. The van der Waals surface area contributed by atoms with Crippen molar-refractivity contribution in [2.45, 2.75) is 25.7 Å². The standard InChI is InChI=1S/C23H23N5OS/c29-22(9-8-18-15-26-28(16-18)20-5-2-1-3-6-20)25-12-4-7-23-27-21(17-30-23)19-10-13-24-14-11-19/h1-3,5-6,10-11,13-17H,4,7-9,12H2,(H,25,29). The Balaban J connectivity index is 1.16. The minimum absolute atomic E-state index is 0.0686. The van der Waals surface area contributed by atoms with E-state index in [0.29, 0.717) is 19.4 Å². The van der Waals surface area contributed by atoms with Crippen LogP contribution in [0.5, 0.6) is 0 Å². The molecule has 30 heavy (non-hydrogen) atoms. The molecule has 1 aromatic carbocycles. The third-order valence-corrected chi connectivity index (χ3v) is 5.62. The average Bonchev–Trinajstić information content (AvgIpc) is 3.46. The van der Waals surface area contributed by atoms with Crippen molar-refractivity contribution in [3.8, 4) is 16.9 Å². The van der Waals surface area contributed by atoms with Crippen molar-refractivity contribution in [2.24, 2.45) is 0 Å². The van der Waals surface area contributed by atoms with E-state index in [0.717, 1.165) is 40.4 Å². The second kappa shape index (κ2) is 9.93. The van der Waals surface area contributed by atoms with Crippen molar-refractivity contribution in [3.63, 3.8) is 0 Å². The lowest BCUT2D eigenvalue weighted by Gasteiger charge is -2.04. The molecule has 0 spiro atoms. The fourth-order valence-electron chi connectivity index (χ4n) is 3.11. The Bertz CT molecular complexity index is 1080. The van der Waals surface area contributed by atoms with Gasteiger partial charge in [0.05, 0.1) is 22.6 Å². The first-order valence-electron chi connectivity index (χ1n) is 9.98. The molecule has 0 aliphatic carbocycles. The molecule has 0 atom stereocenters. The van der Waals surface area contributed by atoms with Gasteiger partial charge in [0, 0.05) is 48.9 Å². The number of benzene rings is 1. The highest BCUT2D eigenvalue weighted by molar-refractivity contribution is 7.09. The van der Waals surface area contributed by atoms with Crippen LogP contribution >= 0.6 is 11.3 Å². The summed E-state index contributed by atoms with van der Waals surface area (Å²) in [7, 11) is 0. The summed E-state index contributed by atoms with van der Waals surface area (Å²) in [6.07, 6.45) is 10.2. The molecule has 0 saturated heterocycles. The largest absolute Gasteiger partial charge is 0.356 e. The molecule has 0 aliphatic heterocycles. The number of carbonyl (C=O) groups is 1. The highest BCUT2D eigenvalue weighted by Crippen LogP contribution is 2.21. The molecule has 6 nitrogen and oxygen atoms in total. The van der Waals surface area contributed by atoms with Crippen LogP contribution in [-0.4, -0.2) is 32.2 Å². The van der Waals surface area contributed by atoms with Crippen LogP contribution in [-0.2, 0) is 17.6 Å². The van der Waals surface area contributed by atoms with Crippen molar-refractivity contribution in [2.75, 3.05) is 6.54 Å². The van der Waals surface area contributed by atoms with Gasteiger partial charge in [0.25, 0.3) is 0 Å². The van der Waals surface area contributed by atoms with Crippen LogP contribution in [0.2, 0.25) is 0 Å². The van der Waals surface area contributed by atoms with Crippen molar-refractivity contribution < 1.29 is 4.79 Å². The summed E-state index contributed by atoms with van der Waals surface area (Å²) in [5, 5.41) is 10.5. The fourth-order valence-corrected chi connectivity index (χ4v) is 3.96. The van der Waals surface area contributed by atoms with E-state index in [2.05, 4.69) is 25.8 Å². The van der Waals surface area contributed by atoms with Gasteiger partial charge in [-0.05, 0) is 42.7 Å². The van der Waals surface area contributed by atoms with Crippen molar-refractivity contribution in [1.29, 1.82) is 0 Å². The number of para-hydroxylation sites is 1. The quantitative estimate of drug-likeness (QED) is 0.417. The van der Waals surface area contributed by atoms with Gasteiger partial charge in [0.1, 0.15) is 0 Å². The third-order valence-electron chi connectivity index (χ3n) is 4.71. The van der Waals surface area contributed by atoms with Crippen LogP contribution in [0.3, 0.4) is 0 Å². The number of aryl methyl sites for hydroxylation is 2. The number of aromatic nitrogens is 4. The molecule has 0 fully saturated rings. The van der Waals surface area contributed by atoms with Crippen molar-refractivity contribution >= 4 is 17.2 Å². The molecule has 152 valence electrons. The summed E-state index contributed by atoms with van der Waals surface area (Å²) in [5.74, 6) is 0.0686. The van der Waals surface area contributed by atoms with Gasteiger partial charge in [-0.2, -0.15) is 5.10 Å². The van der Waals surface area contributed by atoms with Crippen LogP contribution in [0.1, 0.15) is 23.4 Å². The molecule has 3 aromatic heterocycles. The Morgan fingerprint density at radius 2 is 1.90 bits per heavy atom. The first kappa shape index (κ1) is 20.0. The number of nitrogens with one attached hydrogen (secondary N) is 1. The zero-order valence-electron chi connectivity index (χ0n) is 16.6. The highest BCUT2D eigenvalue weighted by Gasteiger charge is 2.07. The number of hydrogen-bond donors (Lipinski definition) is 1. The molecule has 0 aliphatic rings. The van der Waals surface area contributed by atoms with Crippen LogP contribution in [0.15, 0.2) is 72.6 Å². The molecular formula is C23H23N5OS. The summed E-state index contributed by atoms with van der Waals surface area (Å²) in [6, 6.07) is 13.9. The minimum Gasteiger partial charge on any atom is -0.356 e. The lowest BCUT2D eigenvalue weighted by Crippen LogP contribution is -2.24. The Hall–Kier alpha value is -3.32. The topological polar surface area (TPSA) is 72.7 Å². The molecule has 4 rings (SSSR count). The van der Waals surface area contributed by atoms with E-state index in [9.17, 15) is 4.79 Å². The average molecular weight is 418 g/mol. The molecule has 0 bridgehead atoms. The molecule has 7 heteroatoms. The van der Waals surface area contributed by atoms with Gasteiger partial charge in [-0.25, -0.2) is 9.67 Å². The summed E-state index contributed by atoms with van der Waals surface area (Å²) in [4.78, 5) is 20.8. The number of thiazole rings is 1. The van der Waals surface area contributed by atoms with Gasteiger partial charge in [-0.3, -0.25) is 9.78 Å². The Labute approximate surface area is 179 Å². The molecule has 0 unspecified atom stereocenters. The Morgan fingerprint density at radius 3 is 2.73 bits per heavy atom. The molecule has 0 radical (unpaired) electrons. The van der Waals surface area contributed by atoms with Gasteiger partial charge < -0.3 is 5.32 Å². The number of carbonyl (C=O) groups excluding carboxylic acids is 1. The number of hydrogen-bond acceptors (Lipinski definition) is 5. The smallest absolute Gasteiger partial charge is 0.220 e. The van der Waals surface area contributed by atoms with E-state index in [1.165, 1.54) is 0 Å². The number of nitrogens with zero attached hydrogens (tertiary/aromatic N) is 4. The lowest BCUT2D eigenvalue weighted by molar-refractivity contribution is -0.121. The van der Waals surface area contributed by atoms with E-state index >= 15 is 0 Å². The molecular weight excluding hydrogens is 394 g/mol. The predicted molar refractivity (Wildman–Crippen MR) is 119 cm³/mol. The molecule has 1 N–H and O–H groups in total. The summed E-state index contributed by atoms with van der Waals surface area (Å²) < 4.78 is 1.83. The number of pyridine rings is 1. The number of amides is 1. The van der Waals surface area contributed by atoms with E-state index < -0.39 is 0 Å². The Morgan fingerprint density at radius 1 is 1.07 bits per heavy atom. The Kier molecular flexibility index (Phi) is 6.61. The summed E-state index contributed by atoms with van der Waals surface area (Å²) in [6.45, 7) is 0.659. The van der Waals surface area contributed by atoms with Crippen LogP contribution in [0.4, 0.5) is 0 Å². The molecule has 3 heterocycles. The summed E-state index contributed by atoms with van der Waals surface area (Å²) in [5.41, 5.74) is 4.14. The van der Waals surface area contributed by atoms with Gasteiger partial charge in [-0.1, -0.05) is 18.2 Å². The van der Waals surface area contributed by atoms with Crippen molar-refractivity contribution in [1.82, 2.24) is 25.1 Å². The molecule has 0 saturated carbocycles. The normalized spacial score (nSPS) is 10.8. The monoisotopic (exact) mass is 417 g/mol. The van der Waals surface area contributed by atoms with Crippen molar-refractivity contribution in [3.05, 3.63) is 83.2 Å². The molecule has 4 aromatic rings. The first-order valence-corrected chi connectivity index (χ1v) is 10.9. The predicted octanol–water partition coefficient (Wildman–Crippen LogP) is 4.07. The van der Waals surface area contributed by atoms with Crippen LogP contribution in [0, 0.1) is 0 Å². The maximum absolute atomic E-state index is 12.1. The van der Waals surface area contributed by atoms with E-state index in [1.807, 2.05) is 59.5 Å². The zero-order chi connectivity index (χ0) is 20.6. The third kappa shape index (κ3) is 5.39. The van der Waals surface area contributed by atoms with E-state index in [-0.39, 0.29) is 5.91 Å². The fraction of sp³-hybridized carbons (Fsp3) is 0.217. The van der Waals surface area contributed by atoms with Crippen LogP contribution < -0.4 is 5.32 Å². The summed E-state index contributed by atoms with van der Waals surface area (Å²) >= 11 is 1.66. The first-order chi connectivity index (χ1) is 14.8. The second-order valence-corrected chi connectivity index (χ2v) is 7.89. The van der Waals surface area contributed by atoms with Crippen LogP contribution in [0.25, 0.3) is 16.9 Å². The van der Waals surface area contributed by atoms with Gasteiger partial charge in [-0.15, -0.1) is 11.3 Å². The van der Waals surface area contributed by atoms with E-state index in [1.54, 1.807) is 23.7 Å². The van der Waals surface area contributed by atoms with Gasteiger partial charge >= 0.3 is 0 Å². The zero-order valence-corrected chi connectivity index (χ0v) is 17.4.